The van der Waals surface area contributed by atoms with Crippen LogP contribution >= 0.6 is 0 Å². The Kier molecular flexibility index (Phi) is 3.34. The number of fused-ring (bicyclic) bond motifs is 3. The molecule has 0 amide bonds. The van der Waals surface area contributed by atoms with Gasteiger partial charge in [-0.15, -0.1) is 0 Å². The smallest absolute Gasteiger partial charge is 0.111 e. The van der Waals surface area contributed by atoms with Crippen molar-refractivity contribution in [1.29, 1.82) is 5.26 Å². The van der Waals surface area contributed by atoms with Crippen LogP contribution in [0.2, 0.25) is 0 Å². The molecule has 0 N–H and O–H groups in total. The number of piperidine rings is 1. The second-order valence-corrected chi connectivity index (χ2v) is 6.30. The molecule has 0 bridgehead atoms. The van der Waals surface area contributed by atoms with Gasteiger partial charge >= 0.3 is 0 Å². The van der Waals surface area contributed by atoms with Crippen LogP contribution in [0.25, 0.3) is 0 Å². The third-order valence-electron chi connectivity index (χ3n) is 5.27. The molecule has 3 heteroatoms. The Hall–Kier alpha value is -0.590. The molecule has 3 rings (SSSR count). The van der Waals surface area contributed by atoms with Crippen molar-refractivity contribution in [2.45, 2.75) is 76.0 Å². The molecule has 0 unspecified atom stereocenters. The Morgan fingerprint density at radius 2 is 2.11 bits per heavy atom. The average molecular weight is 247 g/mol. The van der Waals surface area contributed by atoms with E-state index in [0.29, 0.717) is 12.2 Å². The van der Waals surface area contributed by atoms with Crippen LogP contribution in [0.15, 0.2) is 0 Å². The van der Waals surface area contributed by atoms with Crippen LogP contribution in [-0.4, -0.2) is 40.6 Å². The van der Waals surface area contributed by atoms with Crippen LogP contribution in [0.3, 0.4) is 0 Å². The number of hydrogen-bond acceptors (Lipinski definition) is 3. The van der Waals surface area contributed by atoms with Crippen molar-refractivity contribution in [3.63, 3.8) is 0 Å². The molecule has 0 aromatic heterocycles. The van der Waals surface area contributed by atoms with E-state index in [9.17, 15) is 5.26 Å². The summed E-state index contributed by atoms with van der Waals surface area (Å²) < 4.78 is 0. The van der Waals surface area contributed by atoms with E-state index >= 15 is 0 Å². The molecule has 3 saturated heterocycles. The van der Waals surface area contributed by atoms with Gasteiger partial charge in [-0.2, -0.15) is 5.26 Å². The lowest BCUT2D eigenvalue weighted by molar-refractivity contribution is -0.0866. The lowest BCUT2D eigenvalue weighted by atomic mass is 9.80. The molecule has 0 aromatic carbocycles. The van der Waals surface area contributed by atoms with Crippen molar-refractivity contribution in [1.82, 2.24) is 9.80 Å². The quantitative estimate of drug-likeness (QED) is 0.751. The Labute approximate surface area is 111 Å². The fourth-order valence-corrected chi connectivity index (χ4v) is 4.56. The average Bonchev–Trinajstić information content (AvgIpc) is 2.89. The summed E-state index contributed by atoms with van der Waals surface area (Å²) in [6.07, 6.45) is 10.5. The molecule has 0 aliphatic carbocycles. The van der Waals surface area contributed by atoms with Crippen LogP contribution in [-0.2, 0) is 0 Å². The topological polar surface area (TPSA) is 30.3 Å². The zero-order valence-electron chi connectivity index (χ0n) is 11.6. The molecule has 3 aliphatic heterocycles. The molecular formula is C15H25N3. The fraction of sp³-hybridized carbons (Fsp3) is 0.933. The van der Waals surface area contributed by atoms with Crippen molar-refractivity contribution < 1.29 is 0 Å². The van der Waals surface area contributed by atoms with Crippen molar-refractivity contribution in [3.8, 4) is 6.07 Å². The SMILES string of the molecule is CCC[C@@]1(C#N)C[C@H]2CCCCN2[C@H]2CCCN21. The molecule has 3 heterocycles. The second-order valence-electron chi connectivity index (χ2n) is 6.30. The molecule has 0 radical (unpaired) electrons. The lowest BCUT2D eigenvalue weighted by Crippen LogP contribution is -2.66. The predicted molar refractivity (Wildman–Crippen MR) is 71.9 cm³/mol. The van der Waals surface area contributed by atoms with Gasteiger partial charge in [-0.1, -0.05) is 19.8 Å². The second kappa shape index (κ2) is 4.83. The molecule has 3 aliphatic rings. The molecule has 0 spiro atoms. The summed E-state index contributed by atoms with van der Waals surface area (Å²) in [6.45, 7) is 4.62. The summed E-state index contributed by atoms with van der Waals surface area (Å²) in [5, 5.41) is 9.80. The van der Waals surface area contributed by atoms with Crippen LogP contribution < -0.4 is 0 Å². The minimum Gasteiger partial charge on any atom is -0.285 e. The molecule has 18 heavy (non-hydrogen) atoms. The zero-order chi connectivity index (χ0) is 12.6. The first-order chi connectivity index (χ1) is 8.80. The van der Waals surface area contributed by atoms with Crippen LogP contribution in [0, 0.1) is 11.3 Å². The standard InChI is InChI=1S/C15H25N3/c1-2-8-15(12-16)11-13-6-3-4-9-17(13)14-7-5-10-18(14)15/h13-14H,2-11H2,1H3/t13-,14-,15+/m1/s1. The molecule has 0 saturated carbocycles. The Bertz CT molecular complexity index is 348. The van der Waals surface area contributed by atoms with E-state index in [1.807, 2.05) is 0 Å². The molecule has 0 aromatic rings. The van der Waals surface area contributed by atoms with Gasteiger partial charge in [0.2, 0.25) is 0 Å². The van der Waals surface area contributed by atoms with Crippen molar-refractivity contribution in [2.24, 2.45) is 0 Å². The van der Waals surface area contributed by atoms with Crippen LogP contribution in [0.4, 0.5) is 0 Å². The van der Waals surface area contributed by atoms with Gasteiger partial charge in [0.25, 0.3) is 0 Å². The monoisotopic (exact) mass is 247 g/mol. The summed E-state index contributed by atoms with van der Waals surface area (Å²) >= 11 is 0. The minimum absolute atomic E-state index is 0.144. The largest absolute Gasteiger partial charge is 0.285 e. The maximum Gasteiger partial charge on any atom is 0.111 e. The third kappa shape index (κ3) is 1.78. The van der Waals surface area contributed by atoms with Crippen molar-refractivity contribution >= 4 is 0 Å². The van der Waals surface area contributed by atoms with Gasteiger partial charge in [0.05, 0.1) is 12.2 Å². The summed E-state index contributed by atoms with van der Waals surface area (Å²) in [6, 6.07) is 3.41. The number of rotatable bonds is 2. The fourth-order valence-electron chi connectivity index (χ4n) is 4.56. The molecule has 3 nitrogen and oxygen atoms in total. The van der Waals surface area contributed by atoms with Crippen LogP contribution in [0.1, 0.15) is 58.3 Å². The summed E-state index contributed by atoms with van der Waals surface area (Å²) in [7, 11) is 0. The molecule has 3 fully saturated rings. The van der Waals surface area contributed by atoms with E-state index in [1.165, 1.54) is 38.6 Å². The first kappa shape index (κ1) is 12.4. The first-order valence-corrected chi connectivity index (χ1v) is 7.74. The van der Waals surface area contributed by atoms with Gasteiger partial charge in [0.15, 0.2) is 0 Å². The number of nitriles is 1. The van der Waals surface area contributed by atoms with Gasteiger partial charge in [-0.3, -0.25) is 9.80 Å². The van der Waals surface area contributed by atoms with E-state index in [0.717, 1.165) is 25.8 Å². The molecular weight excluding hydrogens is 222 g/mol. The highest BCUT2D eigenvalue weighted by atomic mass is 15.4. The Balaban J connectivity index is 1.90. The van der Waals surface area contributed by atoms with Gasteiger partial charge in [0, 0.05) is 12.6 Å². The van der Waals surface area contributed by atoms with Crippen molar-refractivity contribution in [3.05, 3.63) is 0 Å². The van der Waals surface area contributed by atoms with E-state index in [-0.39, 0.29) is 5.54 Å². The van der Waals surface area contributed by atoms with Gasteiger partial charge in [-0.05, 0) is 45.1 Å². The Morgan fingerprint density at radius 1 is 1.22 bits per heavy atom. The lowest BCUT2D eigenvalue weighted by Gasteiger charge is -2.55. The highest BCUT2D eigenvalue weighted by molar-refractivity contribution is 5.15. The molecule has 3 atom stereocenters. The van der Waals surface area contributed by atoms with E-state index in [1.54, 1.807) is 0 Å². The van der Waals surface area contributed by atoms with Crippen LogP contribution in [0.5, 0.6) is 0 Å². The summed E-state index contributed by atoms with van der Waals surface area (Å²) in [5.74, 6) is 0. The third-order valence-corrected chi connectivity index (χ3v) is 5.27. The highest BCUT2D eigenvalue weighted by Gasteiger charge is 2.52. The maximum atomic E-state index is 9.80. The summed E-state index contributed by atoms with van der Waals surface area (Å²) in [4.78, 5) is 5.28. The zero-order valence-corrected chi connectivity index (χ0v) is 11.6. The van der Waals surface area contributed by atoms with Gasteiger partial charge in [0.1, 0.15) is 5.54 Å². The van der Waals surface area contributed by atoms with Gasteiger partial charge < -0.3 is 0 Å². The van der Waals surface area contributed by atoms with E-state index < -0.39 is 0 Å². The highest BCUT2D eigenvalue weighted by Crippen LogP contribution is 2.43. The normalized spacial score (nSPS) is 41.1. The van der Waals surface area contributed by atoms with E-state index in [4.69, 9.17) is 0 Å². The van der Waals surface area contributed by atoms with Gasteiger partial charge in [-0.25, -0.2) is 0 Å². The Morgan fingerprint density at radius 3 is 2.89 bits per heavy atom. The minimum atomic E-state index is -0.144. The predicted octanol–water partition coefficient (Wildman–Crippen LogP) is 2.73. The van der Waals surface area contributed by atoms with E-state index in [2.05, 4.69) is 22.8 Å². The number of nitrogens with zero attached hydrogens (tertiary/aromatic N) is 3. The molecule has 100 valence electrons. The number of hydrogen-bond donors (Lipinski definition) is 0. The van der Waals surface area contributed by atoms with Crippen molar-refractivity contribution in [2.75, 3.05) is 13.1 Å². The maximum absolute atomic E-state index is 9.80. The summed E-state index contributed by atoms with van der Waals surface area (Å²) in [5.41, 5.74) is -0.144. The first-order valence-electron chi connectivity index (χ1n) is 7.74.